The van der Waals surface area contributed by atoms with Crippen LogP contribution in [0.4, 0.5) is 5.69 Å². The summed E-state index contributed by atoms with van der Waals surface area (Å²) in [6.45, 7) is 0. The van der Waals surface area contributed by atoms with Crippen molar-refractivity contribution in [3.63, 3.8) is 0 Å². The van der Waals surface area contributed by atoms with Crippen molar-refractivity contribution >= 4 is 27.9 Å². The molecular formula is C20H17N3OS. The summed E-state index contributed by atoms with van der Waals surface area (Å²) in [4.78, 5) is 17.8. The normalized spacial score (nSPS) is 10.9. The molecule has 2 aromatic carbocycles. The highest BCUT2D eigenvalue weighted by atomic mass is 32.1. The number of imidazole rings is 1. The van der Waals surface area contributed by atoms with Gasteiger partial charge in [0, 0.05) is 35.4 Å². The fourth-order valence-electron chi connectivity index (χ4n) is 2.75. The molecule has 4 nitrogen and oxygen atoms in total. The van der Waals surface area contributed by atoms with Gasteiger partial charge in [0.15, 0.2) is 4.96 Å². The Hall–Kier alpha value is -2.92. The monoisotopic (exact) mass is 347 g/mol. The number of nitrogens with one attached hydrogen (secondary N) is 1. The molecule has 0 fully saturated rings. The summed E-state index contributed by atoms with van der Waals surface area (Å²) >= 11 is 1.60. The number of thiazole rings is 1. The van der Waals surface area contributed by atoms with E-state index in [9.17, 15) is 4.79 Å². The molecule has 0 aliphatic rings. The van der Waals surface area contributed by atoms with Crippen molar-refractivity contribution < 1.29 is 4.79 Å². The van der Waals surface area contributed by atoms with Gasteiger partial charge in [-0.15, -0.1) is 11.3 Å². The topological polar surface area (TPSA) is 46.4 Å². The zero-order chi connectivity index (χ0) is 17.1. The second-order valence-electron chi connectivity index (χ2n) is 5.83. The first-order valence-electron chi connectivity index (χ1n) is 8.14. The van der Waals surface area contributed by atoms with E-state index >= 15 is 0 Å². The third-order valence-corrected chi connectivity index (χ3v) is 4.79. The summed E-state index contributed by atoms with van der Waals surface area (Å²) in [7, 11) is 0. The molecule has 1 amide bonds. The Bertz CT molecular complexity index is 975. The Morgan fingerprint density at radius 3 is 2.84 bits per heavy atom. The molecule has 0 radical (unpaired) electrons. The van der Waals surface area contributed by atoms with E-state index in [0.717, 1.165) is 28.3 Å². The fraction of sp³-hybridized carbons (Fsp3) is 0.100. The van der Waals surface area contributed by atoms with Crippen molar-refractivity contribution in [2.24, 2.45) is 0 Å². The summed E-state index contributed by atoms with van der Waals surface area (Å²) in [5.74, 6) is 0.0202. The van der Waals surface area contributed by atoms with Gasteiger partial charge in [0.2, 0.25) is 5.91 Å². The van der Waals surface area contributed by atoms with E-state index in [-0.39, 0.29) is 5.91 Å². The molecule has 0 aliphatic heterocycles. The number of carbonyl (C=O) groups is 1. The van der Waals surface area contributed by atoms with Crippen LogP contribution in [-0.2, 0) is 11.2 Å². The number of rotatable bonds is 5. The molecule has 4 aromatic rings. The number of benzene rings is 2. The van der Waals surface area contributed by atoms with Gasteiger partial charge in [0.25, 0.3) is 0 Å². The van der Waals surface area contributed by atoms with E-state index < -0.39 is 0 Å². The molecule has 4 rings (SSSR count). The number of carbonyl (C=O) groups excluding carboxylic acids is 1. The number of amides is 1. The van der Waals surface area contributed by atoms with Crippen LogP contribution in [0.2, 0.25) is 0 Å². The van der Waals surface area contributed by atoms with E-state index in [1.807, 2.05) is 76.8 Å². The van der Waals surface area contributed by atoms with Gasteiger partial charge in [-0.05, 0) is 24.1 Å². The molecule has 0 unspecified atom stereocenters. The van der Waals surface area contributed by atoms with E-state index in [0.29, 0.717) is 6.42 Å². The van der Waals surface area contributed by atoms with Gasteiger partial charge in [0.05, 0.1) is 5.69 Å². The second-order valence-corrected chi connectivity index (χ2v) is 6.71. The van der Waals surface area contributed by atoms with Crippen LogP contribution in [0.5, 0.6) is 0 Å². The highest BCUT2D eigenvalue weighted by molar-refractivity contribution is 7.15. The van der Waals surface area contributed by atoms with Crippen LogP contribution in [0.1, 0.15) is 12.0 Å². The second kappa shape index (κ2) is 6.91. The highest BCUT2D eigenvalue weighted by Gasteiger charge is 2.08. The van der Waals surface area contributed by atoms with Gasteiger partial charge < -0.3 is 5.32 Å². The molecule has 2 heterocycles. The minimum Gasteiger partial charge on any atom is -0.326 e. The van der Waals surface area contributed by atoms with E-state index in [2.05, 4.69) is 10.3 Å². The Kier molecular flexibility index (Phi) is 4.31. The standard InChI is InChI=1S/C20H17N3OS/c24-19(10-9-15-5-2-1-3-6-15)21-17-8-4-7-16(13-17)18-14-23-11-12-25-20(23)22-18/h1-8,11-14H,9-10H2,(H,21,24). The number of fused-ring (bicyclic) bond motifs is 1. The average molecular weight is 347 g/mol. The first kappa shape index (κ1) is 15.6. The van der Waals surface area contributed by atoms with Crippen LogP contribution >= 0.6 is 11.3 Å². The minimum atomic E-state index is 0.0202. The van der Waals surface area contributed by atoms with Crippen molar-refractivity contribution in [2.45, 2.75) is 12.8 Å². The molecule has 25 heavy (non-hydrogen) atoms. The molecule has 0 aliphatic carbocycles. The maximum absolute atomic E-state index is 12.2. The van der Waals surface area contributed by atoms with Gasteiger partial charge in [-0.1, -0.05) is 42.5 Å². The minimum absolute atomic E-state index is 0.0202. The summed E-state index contributed by atoms with van der Waals surface area (Å²) < 4.78 is 2.01. The van der Waals surface area contributed by atoms with Crippen molar-refractivity contribution in [1.82, 2.24) is 9.38 Å². The largest absolute Gasteiger partial charge is 0.326 e. The van der Waals surface area contributed by atoms with Crippen molar-refractivity contribution in [3.05, 3.63) is 77.9 Å². The van der Waals surface area contributed by atoms with Gasteiger partial charge >= 0.3 is 0 Å². The van der Waals surface area contributed by atoms with Crippen LogP contribution in [0.25, 0.3) is 16.2 Å². The molecule has 2 aromatic heterocycles. The van der Waals surface area contributed by atoms with Crippen LogP contribution in [-0.4, -0.2) is 15.3 Å². The molecule has 0 saturated carbocycles. The third kappa shape index (κ3) is 3.61. The molecule has 0 bridgehead atoms. The van der Waals surface area contributed by atoms with Gasteiger partial charge in [-0.2, -0.15) is 0 Å². The summed E-state index contributed by atoms with van der Waals surface area (Å²) in [6, 6.07) is 17.9. The predicted molar refractivity (Wildman–Crippen MR) is 102 cm³/mol. The Balaban J connectivity index is 1.44. The van der Waals surface area contributed by atoms with Crippen LogP contribution in [0, 0.1) is 0 Å². The summed E-state index contributed by atoms with van der Waals surface area (Å²) in [5.41, 5.74) is 3.88. The number of aryl methyl sites for hydroxylation is 1. The summed E-state index contributed by atoms with van der Waals surface area (Å²) in [5, 5.41) is 4.99. The number of hydrogen-bond acceptors (Lipinski definition) is 3. The highest BCUT2D eigenvalue weighted by Crippen LogP contribution is 2.24. The first-order valence-corrected chi connectivity index (χ1v) is 9.02. The Morgan fingerprint density at radius 1 is 1.12 bits per heavy atom. The third-order valence-electron chi connectivity index (χ3n) is 4.02. The van der Waals surface area contributed by atoms with E-state index in [1.54, 1.807) is 11.3 Å². The fourth-order valence-corrected chi connectivity index (χ4v) is 3.45. The van der Waals surface area contributed by atoms with E-state index in [4.69, 9.17) is 0 Å². The maximum atomic E-state index is 12.2. The summed E-state index contributed by atoms with van der Waals surface area (Å²) in [6.07, 6.45) is 5.20. The smallest absolute Gasteiger partial charge is 0.224 e. The molecule has 124 valence electrons. The van der Waals surface area contributed by atoms with Crippen LogP contribution < -0.4 is 5.32 Å². The lowest BCUT2D eigenvalue weighted by Gasteiger charge is -2.07. The van der Waals surface area contributed by atoms with Crippen LogP contribution in [0.15, 0.2) is 72.4 Å². The zero-order valence-electron chi connectivity index (χ0n) is 13.6. The molecule has 1 N–H and O–H groups in total. The average Bonchev–Trinajstić information content (AvgIpc) is 3.23. The molecular weight excluding hydrogens is 330 g/mol. The van der Waals surface area contributed by atoms with Crippen LogP contribution in [0.3, 0.4) is 0 Å². The van der Waals surface area contributed by atoms with Crippen molar-refractivity contribution in [2.75, 3.05) is 5.32 Å². The van der Waals surface area contributed by atoms with Gasteiger partial charge in [0.1, 0.15) is 0 Å². The Labute approximate surface area is 149 Å². The van der Waals surface area contributed by atoms with Crippen molar-refractivity contribution in [3.8, 4) is 11.3 Å². The van der Waals surface area contributed by atoms with Gasteiger partial charge in [-0.25, -0.2) is 4.98 Å². The molecule has 5 heteroatoms. The number of anilines is 1. The Morgan fingerprint density at radius 2 is 2.00 bits per heavy atom. The van der Waals surface area contributed by atoms with Crippen molar-refractivity contribution in [1.29, 1.82) is 0 Å². The quantitative estimate of drug-likeness (QED) is 0.572. The zero-order valence-corrected chi connectivity index (χ0v) is 14.4. The lowest BCUT2D eigenvalue weighted by molar-refractivity contribution is -0.116. The lowest BCUT2D eigenvalue weighted by Crippen LogP contribution is -2.12. The molecule has 0 spiro atoms. The SMILES string of the molecule is O=C(CCc1ccccc1)Nc1cccc(-c2cn3ccsc3n2)c1. The van der Waals surface area contributed by atoms with Gasteiger partial charge in [-0.3, -0.25) is 9.20 Å². The number of nitrogens with zero attached hydrogens (tertiary/aromatic N) is 2. The predicted octanol–water partition coefficient (Wildman–Crippen LogP) is 4.63. The lowest BCUT2D eigenvalue weighted by atomic mass is 10.1. The number of hydrogen-bond donors (Lipinski definition) is 1. The molecule has 0 atom stereocenters. The molecule has 0 saturated heterocycles. The maximum Gasteiger partial charge on any atom is 0.224 e. The van der Waals surface area contributed by atoms with E-state index in [1.165, 1.54) is 5.56 Å². The first-order chi connectivity index (χ1) is 12.3. The number of aromatic nitrogens is 2.